The zero-order chi connectivity index (χ0) is 11.0. The Bertz CT molecular complexity index is 274. The van der Waals surface area contributed by atoms with E-state index < -0.39 is 0 Å². The molecule has 2 atom stereocenters. The molecule has 2 saturated carbocycles. The minimum atomic E-state index is -0.134. The summed E-state index contributed by atoms with van der Waals surface area (Å²) in [6.07, 6.45) is 1.58. The van der Waals surface area contributed by atoms with Gasteiger partial charge in [0.2, 0.25) is 0 Å². The highest BCUT2D eigenvalue weighted by Crippen LogP contribution is 2.60. The largest absolute Gasteiger partial charge is 0.469 e. The third kappa shape index (κ3) is 1.73. The number of fused-ring (bicyclic) bond motifs is 1. The van der Waals surface area contributed by atoms with Crippen LogP contribution in [-0.4, -0.2) is 25.7 Å². The van der Waals surface area contributed by atoms with Crippen LogP contribution in [-0.2, 0) is 19.1 Å². The first-order chi connectivity index (χ1) is 7.19. The summed E-state index contributed by atoms with van der Waals surface area (Å²) in [5, 5.41) is 0. The molecule has 4 heteroatoms. The molecule has 15 heavy (non-hydrogen) atoms. The maximum Gasteiger partial charge on any atom is 0.309 e. The monoisotopic (exact) mass is 212 g/mol. The van der Waals surface area contributed by atoms with Gasteiger partial charge in [-0.05, 0) is 31.6 Å². The van der Waals surface area contributed by atoms with Crippen LogP contribution in [0.3, 0.4) is 0 Å². The van der Waals surface area contributed by atoms with Gasteiger partial charge in [0.05, 0.1) is 25.6 Å². The van der Waals surface area contributed by atoms with E-state index in [1.165, 1.54) is 7.11 Å². The molecule has 84 valence electrons. The van der Waals surface area contributed by atoms with Crippen molar-refractivity contribution in [1.82, 2.24) is 0 Å². The van der Waals surface area contributed by atoms with Crippen LogP contribution in [0.2, 0.25) is 0 Å². The summed E-state index contributed by atoms with van der Waals surface area (Å²) in [5.74, 6) is 0.587. The lowest BCUT2D eigenvalue weighted by molar-refractivity contribution is -0.149. The number of ether oxygens (including phenoxy) is 2. The van der Waals surface area contributed by atoms with E-state index in [0.29, 0.717) is 18.4 Å². The van der Waals surface area contributed by atoms with E-state index in [1.807, 2.05) is 6.92 Å². The molecule has 0 aromatic rings. The van der Waals surface area contributed by atoms with Gasteiger partial charge in [-0.3, -0.25) is 9.59 Å². The van der Waals surface area contributed by atoms with Crippen LogP contribution >= 0.6 is 0 Å². The van der Waals surface area contributed by atoms with Crippen LogP contribution in [0.25, 0.3) is 0 Å². The molecule has 4 nitrogen and oxygen atoms in total. The average molecular weight is 212 g/mol. The summed E-state index contributed by atoms with van der Waals surface area (Å²) in [6, 6.07) is 0. The topological polar surface area (TPSA) is 52.6 Å². The van der Waals surface area contributed by atoms with Gasteiger partial charge in [0.25, 0.3) is 0 Å². The normalized spacial score (nSPS) is 36.9. The van der Waals surface area contributed by atoms with Crippen LogP contribution in [0.15, 0.2) is 0 Å². The van der Waals surface area contributed by atoms with Crippen molar-refractivity contribution in [3.8, 4) is 0 Å². The second-order valence-corrected chi connectivity index (χ2v) is 4.30. The SMILES string of the molecule is CCOC(=O)C1C2CC(C(=O)OC)CC21. The lowest BCUT2D eigenvalue weighted by Gasteiger charge is -2.10. The fraction of sp³-hybridized carbons (Fsp3) is 0.818. The molecule has 0 aromatic heterocycles. The first-order valence-electron chi connectivity index (χ1n) is 5.43. The number of hydrogen-bond donors (Lipinski definition) is 0. The Balaban J connectivity index is 1.83. The fourth-order valence-corrected chi connectivity index (χ4v) is 2.79. The molecule has 2 fully saturated rings. The zero-order valence-corrected chi connectivity index (χ0v) is 9.06. The van der Waals surface area contributed by atoms with Gasteiger partial charge in [0, 0.05) is 0 Å². The third-order valence-corrected chi connectivity index (χ3v) is 3.54. The average Bonchev–Trinajstić information content (AvgIpc) is 2.73. The Hall–Kier alpha value is -1.06. The van der Waals surface area contributed by atoms with Crippen LogP contribution in [0.4, 0.5) is 0 Å². The number of carbonyl (C=O) groups excluding carboxylic acids is 2. The number of esters is 2. The summed E-state index contributed by atoms with van der Waals surface area (Å²) in [4.78, 5) is 22.7. The van der Waals surface area contributed by atoms with Crippen molar-refractivity contribution in [3.05, 3.63) is 0 Å². The lowest BCUT2D eigenvalue weighted by atomic mass is 10.0. The number of methoxy groups -OCH3 is 1. The van der Waals surface area contributed by atoms with Gasteiger partial charge >= 0.3 is 11.9 Å². The fourth-order valence-electron chi connectivity index (χ4n) is 2.79. The smallest absolute Gasteiger partial charge is 0.309 e. The van der Waals surface area contributed by atoms with Gasteiger partial charge < -0.3 is 9.47 Å². The minimum Gasteiger partial charge on any atom is -0.469 e. The minimum absolute atomic E-state index is 0.00989. The Kier molecular flexibility index (Phi) is 2.67. The predicted molar refractivity (Wildman–Crippen MR) is 51.8 cm³/mol. The molecular formula is C11H16O4. The third-order valence-electron chi connectivity index (χ3n) is 3.54. The van der Waals surface area contributed by atoms with Crippen LogP contribution in [0.1, 0.15) is 19.8 Å². The molecule has 0 aromatic carbocycles. The van der Waals surface area contributed by atoms with E-state index in [4.69, 9.17) is 9.47 Å². The molecule has 0 N–H and O–H groups in total. The van der Waals surface area contributed by atoms with Crippen molar-refractivity contribution >= 4 is 11.9 Å². The molecule has 2 rings (SSSR count). The molecular weight excluding hydrogens is 196 g/mol. The summed E-state index contributed by atoms with van der Waals surface area (Å²) in [5.41, 5.74) is 0. The highest BCUT2D eigenvalue weighted by Gasteiger charge is 2.61. The number of hydrogen-bond acceptors (Lipinski definition) is 4. The molecule has 2 aliphatic carbocycles. The van der Waals surface area contributed by atoms with Crippen molar-refractivity contribution in [2.45, 2.75) is 19.8 Å². The molecule has 0 spiro atoms. The molecule has 0 bridgehead atoms. The van der Waals surface area contributed by atoms with E-state index >= 15 is 0 Å². The van der Waals surface area contributed by atoms with Gasteiger partial charge in [-0.25, -0.2) is 0 Å². The molecule has 2 aliphatic rings. The van der Waals surface area contributed by atoms with Crippen LogP contribution < -0.4 is 0 Å². The summed E-state index contributed by atoms with van der Waals surface area (Å²) >= 11 is 0. The summed E-state index contributed by atoms with van der Waals surface area (Å²) < 4.78 is 9.66. The van der Waals surface area contributed by atoms with E-state index in [1.54, 1.807) is 0 Å². The van der Waals surface area contributed by atoms with Crippen LogP contribution in [0.5, 0.6) is 0 Å². The second kappa shape index (κ2) is 3.83. The Morgan fingerprint density at radius 3 is 2.27 bits per heavy atom. The number of rotatable bonds is 3. The predicted octanol–water partition coefficient (Wildman–Crippen LogP) is 0.995. The van der Waals surface area contributed by atoms with Crippen LogP contribution in [0, 0.1) is 23.7 Å². The molecule has 2 unspecified atom stereocenters. The Morgan fingerprint density at radius 1 is 1.20 bits per heavy atom. The molecule has 0 radical (unpaired) electrons. The van der Waals surface area contributed by atoms with E-state index in [2.05, 4.69) is 0 Å². The standard InChI is InChI=1S/C11H16O4/c1-3-15-11(13)9-7-4-6(5-8(7)9)10(12)14-2/h6-9H,3-5H2,1-2H3. The van der Waals surface area contributed by atoms with Gasteiger partial charge in [-0.2, -0.15) is 0 Å². The molecule has 0 heterocycles. The van der Waals surface area contributed by atoms with E-state index in [9.17, 15) is 9.59 Å². The maximum atomic E-state index is 11.4. The molecule has 0 amide bonds. The Labute approximate surface area is 88.9 Å². The van der Waals surface area contributed by atoms with Crippen molar-refractivity contribution in [1.29, 1.82) is 0 Å². The molecule has 0 aliphatic heterocycles. The lowest BCUT2D eigenvalue weighted by Crippen LogP contribution is -2.18. The van der Waals surface area contributed by atoms with E-state index in [0.717, 1.165) is 12.8 Å². The summed E-state index contributed by atoms with van der Waals surface area (Å²) in [6.45, 7) is 2.25. The van der Waals surface area contributed by atoms with Gasteiger partial charge in [0.1, 0.15) is 0 Å². The van der Waals surface area contributed by atoms with Crippen molar-refractivity contribution in [2.24, 2.45) is 23.7 Å². The van der Waals surface area contributed by atoms with Gasteiger partial charge in [0.15, 0.2) is 0 Å². The first-order valence-corrected chi connectivity index (χ1v) is 5.43. The quantitative estimate of drug-likeness (QED) is 0.655. The first kappa shape index (κ1) is 10.5. The van der Waals surface area contributed by atoms with Crippen molar-refractivity contribution in [2.75, 3.05) is 13.7 Å². The number of carbonyl (C=O) groups is 2. The van der Waals surface area contributed by atoms with Crippen molar-refractivity contribution in [3.63, 3.8) is 0 Å². The zero-order valence-electron chi connectivity index (χ0n) is 9.06. The highest BCUT2D eigenvalue weighted by molar-refractivity contribution is 5.79. The van der Waals surface area contributed by atoms with E-state index in [-0.39, 0.29) is 23.8 Å². The van der Waals surface area contributed by atoms with Gasteiger partial charge in [-0.15, -0.1) is 0 Å². The second-order valence-electron chi connectivity index (χ2n) is 4.30. The molecule has 0 saturated heterocycles. The van der Waals surface area contributed by atoms with Gasteiger partial charge in [-0.1, -0.05) is 0 Å². The maximum absolute atomic E-state index is 11.4. The Morgan fingerprint density at radius 2 is 1.80 bits per heavy atom. The van der Waals surface area contributed by atoms with Crippen molar-refractivity contribution < 1.29 is 19.1 Å². The summed E-state index contributed by atoms with van der Waals surface area (Å²) in [7, 11) is 1.41. The highest BCUT2D eigenvalue weighted by atomic mass is 16.5.